The van der Waals surface area contributed by atoms with Gasteiger partial charge >= 0.3 is 11.9 Å². The largest absolute Gasteiger partial charge is 0.504 e. The fourth-order valence-electron chi connectivity index (χ4n) is 2.45. The molecule has 0 saturated carbocycles. The highest BCUT2D eigenvalue weighted by Crippen LogP contribution is 2.27. The maximum atomic E-state index is 11.9. The number of likely N-dealkylation sites (tertiary alicyclic amines) is 1. The second kappa shape index (κ2) is 5.92. The topological polar surface area (TPSA) is 135 Å². The number of aliphatic carboxylic acids is 2. The third-order valence-corrected chi connectivity index (χ3v) is 3.64. The van der Waals surface area contributed by atoms with Crippen molar-refractivity contribution in [1.82, 2.24) is 4.90 Å². The van der Waals surface area contributed by atoms with Crippen molar-refractivity contribution >= 4 is 17.8 Å². The van der Waals surface area contributed by atoms with Gasteiger partial charge in [-0.05, 0) is 17.7 Å². The molecule has 0 aromatic heterocycles. The van der Waals surface area contributed by atoms with Gasteiger partial charge in [-0.1, -0.05) is 6.07 Å². The second-order valence-corrected chi connectivity index (χ2v) is 5.17. The number of benzene rings is 1. The van der Waals surface area contributed by atoms with Crippen LogP contribution in [-0.2, 0) is 20.8 Å². The van der Waals surface area contributed by atoms with Crippen molar-refractivity contribution in [2.75, 3.05) is 6.54 Å². The van der Waals surface area contributed by atoms with Gasteiger partial charge in [0, 0.05) is 19.4 Å². The Balaban J connectivity index is 2.20. The van der Waals surface area contributed by atoms with Gasteiger partial charge in [-0.3, -0.25) is 9.59 Å². The summed E-state index contributed by atoms with van der Waals surface area (Å²) in [4.78, 5) is 35.2. The number of nitrogens with zero attached hydrogens (tertiary/aromatic N) is 1. The lowest BCUT2D eigenvalue weighted by atomic mass is 10.0. The van der Waals surface area contributed by atoms with Crippen LogP contribution < -0.4 is 0 Å². The van der Waals surface area contributed by atoms with Crippen LogP contribution in [-0.4, -0.2) is 55.8 Å². The average molecular weight is 309 g/mol. The monoisotopic (exact) mass is 309 g/mol. The number of phenols is 2. The molecule has 1 aromatic carbocycles. The fraction of sp³-hybridized carbons (Fsp3) is 0.357. The van der Waals surface area contributed by atoms with Crippen LogP contribution in [0.5, 0.6) is 11.5 Å². The van der Waals surface area contributed by atoms with Gasteiger partial charge in [0.25, 0.3) is 0 Å². The molecule has 2 rings (SSSR count). The lowest BCUT2D eigenvalue weighted by Gasteiger charge is -2.24. The van der Waals surface area contributed by atoms with Crippen LogP contribution in [0.3, 0.4) is 0 Å². The third kappa shape index (κ3) is 3.11. The number of carboxylic acid groups (broad SMARTS) is 2. The van der Waals surface area contributed by atoms with Crippen molar-refractivity contribution in [3.05, 3.63) is 23.8 Å². The molecule has 1 aliphatic heterocycles. The van der Waals surface area contributed by atoms with Crippen molar-refractivity contribution in [1.29, 1.82) is 0 Å². The maximum absolute atomic E-state index is 11.9. The quantitative estimate of drug-likeness (QED) is 0.563. The van der Waals surface area contributed by atoms with Gasteiger partial charge < -0.3 is 25.3 Å². The van der Waals surface area contributed by atoms with Crippen LogP contribution in [0.15, 0.2) is 18.2 Å². The summed E-state index contributed by atoms with van der Waals surface area (Å²) in [6.45, 7) is -0.158. The molecule has 8 heteroatoms. The fourth-order valence-corrected chi connectivity index (χ4v) is 2.45. The Hall–Kier alpha value is -2.77. The van der Waals surface area contributed by atoms with Crippen LogP contribution in [0.25, 0.3) is 0 Å². The number of carbonyl (C=O) groups is 3. The molecular weight excluding hydrogens is 294 g/mol. The van der Waals surface area contributed by atoms with Gasteiger partial charge in [0.05, 0.1) is 5.92 Å². The molecule has 1 saturated heterocycles. The van der Waals surface area contributed by atoms with Crippen molar-refractivity contribution in [3.8, 4) is 11.5 Å². The first-order valence-corrected chi connectivity index (χ1v) is 6.55. The van der Waals surface area contributed by atoms with Crippen LogP contribution >= 0.6 is 0 Å². The standard InChI is InChI=1S/C14H15NO7/c16-10-2-1-7(4-11(10)17)3-9(14(21)22)15-6-8(13(19)20)5-12(15)18/h1-2,4,8-9,16-17H,3,5-6H2,(H,19,20)(H,21,22). The number of amides is 1. The highest BCUT2D eigenvalue weighted by molar-refractivity contribution is 5.89. The third-order valence-electron chi connectivity index (χ3n) is 3.64. The molecule has 118 valence electrons. The van der Waals surface area contributed by atoms with Crippen LogP contribution in [0.2, 0.25) is 0 Å². The van der Waals surface area contributed by atoms with E-state index < -0.39 is 35.6 Å². The first-order chi connectivity index (χ1) is 10.3. The molecule has 8 nitrogen and oxygen atoms in total. The molecule has 1 heterocycles. The molecule has 1 amide bonds. The maximum Gasteiger partial charge on any atom is 0.326 e. The van der Waals surface area contributed by atoms with E-state index in [2.05, 4.69) is 0 Å². The minimum Gasteiger partial charge on any atom is -0.504 e. The van der Waals surface area contributed by atoms with E-state index in [9.17, 15) is 29.7 Å². The highest BCUT2D eigenvalue weighted by Gasteiger charge is 2.40. The molecule has 0 aliphatic carbocycles. The Kier molecular flexibility index (Phi) is 4.20. The Morgan fingerprint density at radius 3 is 2.41 bits per heavy atom. The molecule has 4 N–H and O–H groups in total. The van der Waals surface area contributed by atoms with E-state index in [0.29, 0.717) is 5.56 Å². The Morgan fingerprint density at radius 1 is 1.23 bits per heavy atom. The second-order valence-electron chi connectivity index (χ2n) is 5.17. The molecule has 0 bridgehead atoms. The summed E-state index contributed by atoms with van der Waals surface area (Å²) in [6.07, 6.45) is -0.318. The lowest BCUT2D eigenvalue weighted by Crippen LogP contribution is -2.44. The van der Waals surface area contributed by atoms with Gasteiger partial charge in [-0.25, -0.2) is 4.79 Å². The van der Waals surface area contributed by atoms with E-state index >= 15 is 0 Å². The molecule has 22 heavy (non-hydrogen) atoms. The van der Waals surface area contributed by atoms with E-state index in [1.807, 2.05) is 0 Å². The predicted octanol–water partition coefficient (Wildman–Crippen LogP) is 0.0266. The summed E-state index contributed by atoms with van der Waals surface area (Å²) in [5.74, 6) is -4.56. The molecule has 0 spiro atoms. The minimum atomic E-state index is -1.26. The lowest BCUT2D eigenvalue weighted by molar-refractivity contribution is -0.148. The zero-order valence-electron chi connectivity index (χ0n) is 11.5. The van der Waals surface area contributed by atoms with Gasteiger partial charge in [0.1, 0.15) is 6.04 Å². The molecule has 0 radical (unpaired) electrons. The molecule has 2 unspecified atom stereocenters. The number of phenolic OH excluding ortho intramolecular Hbond substituents is 2. The van der Waals surface area contributed by atoms with E-state index in [1.165, 1.54) is 18.2 Å². The Bertz CT molecular complexity index is 628. The summed E-state index contributed by atoms with van der Waals surface area (Å²) >= 11 is 0. The van der Waals surface area contributed by atoms with Gasteiger partial charge in [-0.15, -0.1) is 0 Å². The van der Waals surface area contributed by atoms with Gasteiger partial charge in [0.2, 0.25) is 5.91 Å². The number of carboxylic acids is 2. The first kappa shape index (κ1) is 15.6. The highest BCUT2D eigenvalue weighted by atomic mass is 16.4. The number of hydrogen-bond donors (Lipinski definition) is 4. The van der Waals surface area contributed by atoms with Crippen molar-refractivity contribution in [3.63, 3.8) is 0 Å². The number of aromatic hydroxyl groups is 2. The normalized spacial score (nSPS) is 19.2. The zero-order chi connectivity index (χ0) is 16.4. The molecule has 1 fully saturated rings. The zero-order valence-corrected chi connectivity index (χ0v) is 11.5. The van der Waals surface area contributed by atoms with Crippen LogP contribution in [0.4, 0.5) is 0 Å². The summed E-state index contributed by atoms with van der Waals surface area (Å²) < 4.78 is 0. The van der Waals surface area contributed by atoms with E-state index in [1.54, 1.807) is 0 Å². The Labute approximate surface area is 125 Å². The van der Waals surface area contributed by atoms with Gasteiger partial charge in [-0.2, -0.15) is 0 Å². The summed E-state index contributed by atoms with van der Waals surface area (Å²) in [6, 6.07) is 2.64. The smallest absolute Gasteiger partial charge is 0.326 e. The molecular formula is C14H15NO7. The van der Waals surface area contributed by atoms with Crippen molar-refractivity contribution in [2.24, 2.45) is 5.92 Å². The molecule has 1 aromatic rings. The van der Waals surface area contributed by atoms with E-state index in [4.69, 9.17) is 5.11 Å². The Morgan fingerprint density at radius 2 is 1.91 bits per heavy atom. The van der Waals surface area contributed by atoms with Crippen molar-refractivity contribution < 1.29 is 34.8 Å². The van der Waals surface area contributed by atoms with E-state index in [0.717, 1.165) is 4.90 Å². The molecule has 1 aliphatic rings. The first-order valence-electron chi connectivity index (χ1n) is 6.55. The average Bonchev–Trinajstić information content (AvgIpc) is 2.82. The number of carbonyl (C=O) groups excluding carboxylic acids is 1. The van der Waals surface area contributed by atoms with Crippen LogP contribution in [0, 0.1) is 5.92 Å². The molecule has 2 atom stereocenters. The number of rotatable bonds is 5. The summed E-state index contributed by atoms with van der Waals surface area (Å²) in [5, 5.41) is 36.9. The SMILES string of the molecule is O=C(O)C1CC(=O)N(C(Cc2ccc(O)c(O)c2)C(=O)O)C1. The number of hydrogen-bond acceptors (Lipinski definition) is 5. The van der Waals surface area contributed by atoms with Crippen LogP contribution in [0.1, 0.15) is 12.0 Å². The minimum absolute atomic E-state index is 0.0960. The summed E-state index contributed by atoms with van der Waals surface area (Å²) in [7, 11) is 0. The summed E-state index contributed by atoms with van der Waals surface area (Å²) in [5.41, 5.74) is 0.411. The van der Waals surface area contributed by atoms with Gasteiger partial charge in [0.15, 0.2) is 11.5 Å². The van der Waals surface area contributed by atoms with E-state index in [-0.39, 0.29) is 25.1 Å². The predicted molar refractivity (Wildman–Crippen MR) is 72.4 cm³/mol. The van der Waals surface area contributed by atoms with Crippen molar-refractivity contribution in [2.45, 2.75) is 18.9 Å².